The average Bonchev–Trinajstić information content (AvgIpc) is 2.52. The zero-order valence-corrected chi connectivity index (χ0v) is 14.1. The average molecular weight is 352 g/mol. The molecule has 1 unspecified atom stereocenters. The summed E-state index contributed by atoms with van der Waals surface area (Å²) in [6.45, 7) is 0.331. The molecule has 3 N–H and O–H groups in total. The first-order chi connectivity index (χ1) is 11.3. The molecule has 0 aromatic heterocycles. The lowest BCUT2D eigenvalue weighted by Gasteiger charge is -2.17. The number of carbonyl (C=O) groups excluding carboxylic acids is 2. The highest BCUT2D eigenvalue weighted by molar-refractivity contribution is 7.90. The normalized spacial score (nSPS) is 11.8. The van der Waals surface area contributed by atoms with Crippen LogP contribution < -0.4 is 16.0 Å². The van der Waals surface area contributed by atoms with Crippen LogP contribution in [0.2, 0.25) is 0 Å². The van der Waals surface area contributed by atoms with Gasteiger partial charge in [-0.25, -0.2) is 13.2 Å². The van der Waals surface area contributed by atoms with Crippen molar-refractivity contribution in [3.05, 3.63) is 35.9 Å². The van der Waals surface area contributed by atoms with E-state index in [2.05, 4.69) is 16.0 Å². The number of rotatable bonds is 8. The van der Waals surface area contributed by atoms with Crippen molar-refractivity contribution >= 4 is 21.8 Å². The van der Waals surface area contributed by atoms with Crippen LogP contribution in [0, 0.1) is 11.3 Å². The number of nitrogens with one attached hydrogen (secondary N) is 3. The first kappa shape index (κ1) is 19.4. The highest BCUT2D eigenvalue weighted by Crippen LogP contribution is 1.98. The molecule has 0 aliphatic rings. The number of hydrogen-bond donors (Lipinski definition) is 3. The molecule has 1 aromatic rings. The molecule has 0 fully saturated rings. The molecule has 0 aliphatic carbocycles. The van der Waals surface area contributed by atoms with Crippen LogP contribution in [0.1, 0.15) is 12.0 Å². The minimum Gasteiger partial charge on any atom is -0.353 e. The number of hydrogen-bond acceptors (Lipinski definition) is 5. The molecule has 24 heavy (non-hydrogen) atoms. The van der Waals surface area contributed by atoms with Gasteiger partial charge in [-0.15, -0.1) is 0 Å². The summed E-state index contributed by atoms with van der Waals surface area (Å²) in [6, 6.07) is 9.12. The van der Waals surface area contributed by atoms with E-state index in [-0.39, 0.29) is 19.5 Å². The minimum atomic E-state index is -3.48. The Hall–Kier alpha value is -2.60. The first-order valence-electron chi connectivity index (χ1n) is 7.22. The van der Waals surface area contributed by atoms with Crippen molar-refractivity contribution in [1.82, 2.24) is 16.0 Å². The Morgan fingerprint density at radius 2 is 1.88 bits per heavy atom. The third-order valence-electron chi connectivity index (χ3n) is 2.92. The molecule has 0 bridgehead atoms. The Morgan fingerprint density at radius 3 is 2.46 bits per heavy atom. The van der Waals surface area contributed by atoms with Gasteiger partial charge in [-0.3, -0.25) is 4.79 Å². The largest absolute Gasteiger partial charge is 0.353 e. The Kier molecular flexibility index (Phi) is 7.71. The molecule has 1 rings (SSSR count). The summed E-state index contributed by atoms with van der Waals surface area (Å²) in [5.74, 6) is -1.17. The maximum absolute atomic E-state index is 12.0. The number of urea groups is 1. The molecule has 3 amide bonds. The van der Waals surface area contributed by atoms with Crippen molar-refractivity contribution in [2.24, 2.45) is 0 Å². The van der Waals surface area contributed by atoms with E-state index in [9.17, 15) is 18.0 Å². The second kappa shape index (κ2) is 9.52. The number of carbonyl (C=O) groups is 2. The monoisotopic (exact) mass is 352 g/mol. The van der Waals surface area contributed by atoms with Crippen LogP contribution in [-0.2, 0) is 21.2 Å². The van der Waals surface area contributed by atoms with Gasteiger partial charge in [0.1, 0.15) is 15.9 Å². The third kappa shape index (κ3) is 8.14. The van der Waals surface area contributed by atoms with Crippen molar-refractivity contribution in [3.8, 4) is 6.07 Å². The Bertz CT molecular complexity index is 698. The van der Waals surface area contributed by atoms with Crippen molar-refractivity contribution in [1.29, 1.82) is 5.26 Å². The lowest BCUT2D eigenvalue weighted by molar-refractivity contribution is -0.122. The maximum Gasteiger partial charge on any atom is 0.315 e. The molecular weight excluding hydrogens is 332 g/mol. The fraction of sp³-hybridized carbons (Fsp3) is 0.400. The summed E-state index contributed by atoms with van der Waals surface area (Å²) in [6.07, 6.45) is 1.07. The van der Waals surface area contributed by atoms with Crippen LogP contribution >= 0.6 is 0 Å². The molecule has 0 radical (unpaired) electrons. The predicted molar refractivity (Wildman–Crippen MR) is 88.6 cm³/mol. The smallest absolute Gasteiger partial charge is 0.315 e. The number of benzene rings is 1. The van der Waals surface area contributed by atoms with Crippen molar-refractivity contribution in [3.63, 3.8) is 0 Å². The number of sulfone groups is 1. The van der Waals surface area contributed by atoms with E-state index < -0.39 is 33.6 Å². The van der Waals surface area contributed by atoms with E-state index in [4.69, 9.17) is 5.26 Å². The standard InChI is InChI=1S/C15H20N4O4S/c1-24(22,23)11-13(14(20)17-9-5-8-16)19-15(21)18-10-12-6-3-2-4-7-12/h2-4,6-7,13H,5,9-11H2,1H3,(H,17,20)(H2,18,19,21). The van der Waals surface area contributed by atoms with E-state index in [1.54, 1.807) is 0 Å². The van der Waals surface area contributed by atoms with E-state index in [1.165, 1.54) is 0 Å². The van der Waals surface area contributed by atoms with Gasteiger partial charge >= 0.3 is 6.03 Å². The van der Waals surface area contributed by atoms with Crippen LogP contribution in [0.15, 0.2) is 30.3 Å². The van der Waals surface area contributed by atoms with Gasteiger partial charge in [0.15, 0.2) is 0 Å². The Morgan fingerprint density at radius 1 is 1.21 bits per heavy atom. The highest BCUT2D eigenvalue weighted by Gasteiger charge is 2.24. The Labute approximate surface area is 141 Å². The molecule has 0 saturated carbocycles. The quantitative estimate of drug-likeness (QED) is 0.564. The topological polar surface area (TPSA) is 128 Å². The summed E-state index contributed by atoms with van der Waals surface area (Å²) in [4.78, 5) is 23.9. The number of amides is 3. The summed E-state index contributed by atoms with van der Waals surface area (Å²) in [7, 11) is -3.48. The lowest BCUT2D eigenvalue weighted by atomic mass is 10.2. The van der Waals surface area contributed by atoms with Gasteiger partial charge in [0.2, 0.25) is 5.91 Å². The molecular formula is C15H20N4O4S. The van der Waals surface area contributed by atoms with Gasteiger partial charge in [-0.2, -0.15) is 5.26 Å². The molecule has 8 nitrogen and oxygen atoms in total. The zero-order chi connectivity index (χ0) is 18.0. The number of nitriles is 1. The van der Waals surface area contributed by atoms with Crippen LogP contribution in [0.3, 0.4) is 0 Å². The van der Waals surface area contributed by atoms with Crippen LogP contribution in [-0.4, -0.2) is 45.0 Å². The highest BCUT2D eigenvalue weighted by atomic mass is 32.2. The molecule has 0 saturated heterocycles. The van der Waals surface area contributed by atoms with Crippen LogP contribution in [0.5, 0.6) is 0 Å². The second-order valence-corrected chi connectivity index (χ2v) is 7.34. The number of nitrogens with zero attached hydrogens (tertiary/aromatic N) is 1. The van der Waals surface area contributed by atoms with E-state index in [0.29, 0.717) is 0 Å². The van der Waals surface area contributed by atoms with E-state index >= 15 is 0 Å². The maximum atomic E-state index is 12.0. The Balaban J connectivity index is 2.61. The van der Waals surface area contributed by atoms with E-state index in [0.717, 1.165) is 11.8 Å². The molecule has 0 aliphatic heterocycles. The summed E-state index contributed by atoms with van der Waals surface area (Å²) in [5, 5.41) is 15.8. The van der Waals surface area contributed by atoms with Gasteiger partial charge in [-0.05, 0) is 5.56 Å². The predicted octanol–water partition coefficient (Wildman–Crippen LogP) is -0.0711. The first-order valence-corrected chi connectivity index (χ1v) is 9.28. The summed E-state index contributed by atoms with van der Waals surface area (Å²) < 4.78 is 22.9. The molecule has 130 valence electrons. The van der Waals surface area contributed by atoms with Crippen molar-refractivity contribution < 1.29 is 18.0 Å². The van der Waals surface area contributed by atoms with Gasteiger partial charge in [-0.1, -0.05) is 30.3 Å². The molecule has 9 heteroatoms. The molecule has 1 atom stereocenters. The fourth-order valence-corrected chi connectivity index (χ4v) is 2.68. The fourth-order valence-electron chi connectivity index (χ4n) is 1.84. The van der Waals surface area contributed by atoms with Crippen LogP contribution in [0.25, 0.3) is 0 Å². The lowest BCUT2D eigenvalue weighted by Crippen LogP contribution is -2.53. The SMILES string of the molecule is CS(=O)(=O)CC(NC(=O)NCc1ccccc1)C(=O)NCCC#N. The molecule has 1 aromatic carbocycles. The minimum absolute atomic E-state index is 0.0862. The van der Waals surface area contributed by atoms with Gasteiger partial charge < -0.3 is 16.0 Å². The third-order valence-corrected chi connectivity index (χ3v) is 3.86. The summed E-state index contributed by atoms with van der Waals surface area (Å²) in [5.41, 5.74) is 0.866. The van der Waals surface area contributed by atoms with Gasteiger partial charge in [0.25, 0.3) is 0 Å². The van der Waals surface area contributed by atoms with Crippen molar-refractivity contribution in [2.75, 3.05) is 18.6 Å². The van der Waals surface area contributed by atoms with E-state index in [1.807, 2.05) is 36.4 Å². The van der Waals surface area contributed by atoms with Gasteiger partial charge in [0.05, 0.1) is 18.2 Å². The zero-order valence-electron chi connectivity index (χ0n) is 13.3. The van der Waals surface area contributed by atoms with Crippen LogP contribution in [0.4, 0.5) is 4.79 Å². The molecule has 0 heterocycles. The molecule has 0 spiro atoms. The van der Waals surface area contributed by atoms with Gasteiger partial charge in [0, 0.05) is 19.3 Å². The van der Waals surface area contributed by atoms with Crippen molar-refractivity contribution in [2.45, 2.75) is 19.0 Å². The summed E-state index contributed by atoms with van der Waals surface area (Å²) >= 11 is 0. The second-order valence-electron chi connectivity index (χ2n) is 5.16.